The summed E-state index contributed by atoms with van der Waals surface area (Å²) in [4.78, 5) is 12.4. The Balaban J connectivity index is 2.15. The Morgan fingerprint density at radius 1 is 1.40 bits per heavy atom. The number of amides is 1. The topological polar surface area (TPSA) is 64.7 Å². The molecule has 0 fully saturated rings. The number of rotatable bonds is 5. The molecule has 6 nitrogen and oxygen atoms in total. The molecule has 1 N–H and O–H groups in total. The van der Waals surface area contributed by atoms with Crippen LogP contribution in [0.15, 0.2) is 18.6 Å². The number of carbonyl (C=O) groups excluding carboxylic acids is 1. The monoisotopic (exact) mass is 295 g/mol. The zero-order valence-corrected chi connectivity index (χ0v) is 12.6. The van der Waals surface area contributed by atoms with Crippen molar-refractivity contribution in [2.75, 3.05) is 5.32 Å². The van der Waals surface area contributed by atoms with Crippen LogP contribution in [0.1, 0.15) is 32.0 Å². The van der Waals surface area contributed by atoms with Gasteiger partial charge in [0.15, 0.2) is 0 Å². The van der Waals surface area contributed by atoms with Crippen molar-refractivity contribution >= 4 is 23.2 Å². The van der Waals surface area contributed by atoms with E-state index in [1.165, 1.54) is 6.20 Å². The zero-order chi connectivity index (χ0) is 14.7. The molecule has 1 amide bonds. The van der Waals surface area contributed by atoms with E-state index in [2.05, 4.69) is 15.5 Å². The number of aromatic nitrogens is 4. The number of nitrogens with zero attached hydrogens (tertiary/aromatic N) is 4. The van der Waals surface area contributed by atoms with Crippen LogP contribution in [0.25, 0.3) is 0 Å². The fourth-order valence-corrected chi connectivity index (χ4v) is 2.23. The maximum atomic E-state index is 12.4. The summed E-state index contributed by atoms with van der Waals surface area (Å²) in [7, 11) is 0. The minimum atomic E-state index is -0.383. The molecule has 0 saturated carbocycles. The summed E-state index contributed by atoms with van der Waals surface area (Å²) in [5.41, 5.74) is 1.67. The Kier molecular flexibility index (Phi) is 4.44. The molecule has 20 heavy (non-hydrogen) atoms. The van der Waals surface area contributed by atoms with Gasteiger partial charge in [-0.25, -0.2) is 0 Å². The summed E-state index contributed by atoms with van der Waals surface area (Å²) in [5.74, 6) is -0.119. The molecule has 0 spiro atoms. The van der Waals surface area contributed by atoms with Gasteiger partial charge in [-0.1, -0.05) is 18.5 Å². The molecule has 0 aliphatic carbocycles. The molecule has 0 aromatic carbocycles. The lowest BCUT2D eigenvalue weighted by Crippen LogP contribution is -2.26. The molecule has 2 aromatic heterocycles. The van der Waals surface area contributed by atoms with Gasteiger partial charge in [0.2, 0.25) is 5.91 Å². The number of nitrogens with one attached hydrogen (secondary N) is 1. The smallest absolute Gasteiger partial charge is 0.249 e. The zero-order valence-electron chi connectivity index (χ0n) is 11.8. The maximum absolute atomic E-state index is 12.4. The van der Waals surface area contributed by atoms with Crippen molar-refractivity contribution in [3.63, 3.8) is 0 Å². The van der Waals surface area contributed by atoms with Crippen molar-refractivity contribution < 1.29 is 4.79 Å². The van der Waals surface area contributed by atoms with E-state index < -0.39 is 0 Å². The average Bonchev–Trinajstić information content (AvgIpc) is 2.98. The van der Waals surface area contributed by atoms with Crippen LogP contribution in [-0.2, 0) is 11.3 Å². The molecule has 0 aliphatic rings. The number of hydrogen-bond acceptors (Lipinski definition) is 3. The quantitative estimate of drug-likeness (QED) is 0.922. The molecule has 0 aliphatic heterocycles. The predicted octanol–water partition coefficient (Wildman–Crippen LogP) is 2.65. The standard InChI is InChI=1S/C13H18ClN5O/c1-4-12(19-8-10(14)6-15-19)13(20)17-11-7-16-18(5-2)9(11)3/h6-8,12H,4-5H2,1-3H3,(H,17,20). The van der Waals surface area contributed by atoms with E-state index in [1.807, 2.05) is 25.5 Å². The number of hydrogen-bond donors (Lipinski definition) is 1. The Morgan fingerprint density at radius 2 is 2.15 bits per heavy atom. The molecule has 1 atom stereocenters. The van der Waals surface area contributed by atoms with Crippen molar-refractivity contribution in [2.45, 2.75) is 39.8 Å². The van der Waals surface area contributed by atoms with Crippen molar-refractivity contribution in [1.29, 1.82) is 0 Å². The molecular formula is C13H18ClN5O. The van der Waals surface area contributed by atoms with Crippen LogP contribution in [-0.4, -0.2) is 25.5 Å². The van der Waals surface area contributed by atoms with Gasteiger partial charge in [-0.15, -0.1) is 0 Å². The summed E-state index contributed by atoms with van der Waals surface area (Å²) in [6, 6.07) is -0.383. The van der Waals surface area contributed by atoms with Crippen LogP contribution in [0.4, 0.5) is 5.69 Å². The van der Waals surface area contributed by atoms with Crippen LogP contribution < -0.4 is 5.32 Å². The molecule has 0 bridgehead atoms. The summed E-state index contributed by atoms with van der Waals surface area (Å²) in [6.07, 6.45) is 5.47. The second kappa shape index (κ2) is 6.09. The molecular weight excluding hydrogens is 278 g/mol. The van der Waals surface area contributed by atoms with Gasteiger partial charge < -0.3 is 5.32 Å². The van der Waals surface area contributed by atoms with Gasteiger partial charge in [-0.3, -0.25) is 14.2 Å². The van der Waals surface area contributed by atoms with E-state index in [4.69, 9.17) is 11.6 Å². The first kappa shape index (κ1) is 14.6. The molecule has 7 heteroatoms. The first-order valence-corrected chi connectivity index (χ1v) is 6.97. The van der Waals surface area contributed by atoms with Crippen molar-refractivity contribution in [3.8, 4) is 0 Å². The van der Waals surface area contributed by atoms with Crippen LogP contribution in [0.2, 0.25) is 5.02 Å². The number of halogens is 1. The SMILES string of the molecule is CCC(C(=O)Nc1cnn(CC)c1C)n1cc(Cl)cn1. The van der Waals surface area contributed by atoms with Gasteiger partial charge in [-0.05, 0) is 20.3 Å². The van der Waals surface area contributed by atoms with Crippen molar-refractivity contribution in [2.24, 2.45) is 0 Å². The highest BCUT2D eigenvalue weighted by Gasteiger charge is 2.20. The molecule has 2 aromatic rings. The lowest BCUT2D eigenvalue weighted by molar-refractivity contribution is -0.119. The van der Waals surface area contributed by atoms with E-state index in [9.17, 15) is 4.79 Å². The first-order chi connectivity index (χ1) is 9.56. The van der Waals surface area contributed by atoms with Gasteiger partial charge in [0.25, 0.3) is 0 Å². The van der Waals surface area contributed by atoms with Crippen LogP contribution in [0, 0.1) is 6.92 Å². The Hall–Kier alpha value is -1.82. The third-order valence-corrected chi connectivity index (χ3v) is 3.43. The molecule has 0 radical (unpaired) electrons. The van der Waals surface area contributed by atoms with E-state index >= 15 is 0 Å². The Labute approximate surface area is 122 Å². The second-order valence-corrected chi connectivity index (χ2v) is 4.95. The molecule has 0 saturated heterocycles. The Morgan fingerprint density at radius 3 is 2.65 bits per heavy atom. The van der Waals surface area contributed by atoms with E-state index in [0.29, 0.717) is 11.4 Å². The lowest BCUT2D eigenvalue weighted by atomic mass is 10.2. The largest absolute Gasteiger partial charge is 0.321 e. The highest BCUT2D eigenvalue weighted by molar-refractivity contribution is 6.30. The minimum absolute atomic E-state index is 0.119. The summed E-state index contributed by atoms with van der Waals surface area (Å²) < 4.78 is 3.42. The molecule has 2 rings (SSSR count). The van der Waals surface area contributed by atoms with Gasteiger partial charge in [0, 0.05) is 12.7 Å². The number of carbonyl (C=O) groups is 1. The van der Waals surface area contributed by atoms with Gasteiger partial charge in [-0.2, -0.15) is 10.2 Å². The fourth-order valence-electron chi connectivity index (χ4n) is 2.08. The lowest BCUT2D eigenvalue weighted by Gasteiger charge is -2.15. The predicted molar refractivity (Wildman–Crippen MR) is 77.8 cm³/mol. The van der Waals surface area contributed by atoms with Crippen molar-refractivity contribution in [3.05, 3.63) is 29.3 Å². The van der Waals surface area contributed by atoms with Gasteiger partial charge in [0.1, 0.15) is 6.04 Å². The molecule has 108 valence electrons. The van der Waals surface area contributed by atoms with E-state index in [-0.39, 0.29) is 11.9 Å². The van der Waals surface area contributed by atoms with E-state index in [1.54, 1.807) is 17.1 Å². The van der Waals surface area contributed by atoms with Crippen LogP contribution >= 0.6 is 11.6 Å². The maximum Gasteiger partial charge on any atom is 0.249 e. The van der Waals surface area contributed by atoms with E-state index in [0.717, 1.165) is 17.9 Å². The number of anilines is 1. The fraction of sp³-hybridized carbons (Fsp3) is 0.462. The highest BCUT2D eigenvalue weighted by Crippen LogP contribution is 2.19. The van der Waals surface area contributed by atoms with Gasteiger partial charge >= 0.3 is 0 Å². The molecule has 1 unspecified atom stereocenters. The third-order valence-electron chi connectivity index (χ3n) is 3.24. The normalized spacial score (nSPS) is 12.4. The van der Waals surface area contributed by atoms with Crippen LogP contribution in [0.3, 0.4) is 0 Å². The minimum Gasteiger partial charge on any atom is -0.321 e. The second-order valence-electron chi connectivity index (χ2n) is 4.51. The first-order valence-electron chi connectivity index (χ1n) is 6.59. The van der Waals surface area contributed by atoms with Gasteiger partial charge in [0.05, 0.1) is 28.8 Å². The van der Waals surface area contributed by atoms with Crippen molar-refractivity contribution in [1.82, 2.24) is 19.6 Å². The summed E-state index contributed by atoms with van der Waals surface area (Å²) in [6.45, 7) is 6.64. The van der Waals surface area contributed by atoms with Crippen LogP contribution in [0.5, 0.6) is 0 Å². The summed E-state index contributed by atoms with van der Waals surface area (Å²) in [5, 5.41) is 11.7. The average molecular weight is 296 g/mol. The number of aryl methyl sites for hydroxylation is 1. The third kappa shape index (κ3) is 2.85. The highest BCUT2D eigenvalue weighted by atomic mass is 35.5. The Bertz CT molecular complexity index is 604. The molecule has 2 heterocycles. The summed E-state index contributed by atoms with van der Waals surface area (Å²) >= 11 is 5.85.